The van der Waals surface area contributed by atoms with E-state index >= 15 is 0 Å². The number of carbonyl (C=O) groups excluding carboxylic acids is 1. The van der Waals surface area contributed by atoms with Crippen molar-refractivity contribution < 1.29 is 9.53 Å². The summed E-state index contributed by atoms with van der Waals surface area (Å²) >= 11 is 0. The predicted octanol–water partition coefficient (Wildman–Crippen LogP) is 1.86. The van der Waals surface area contributed by atoms with Crippen molar-refractivity contribution in [2.45, 2.75) is 25.2 Å². The van der Waals surface area contributed by atoms with Crippen molar-refractivity contribution in [3.63, 3.8) is 0 Å². The molecule has 3 nitrogen and oxygen atoms in total. The quantitative estimate of drug-likeness (QED) is 0.842. The third-order valence-electron chi connectivity index (χ3n) is 3.26. The molecule has 1 atom stereocenters. The summed E-state index contributed by atoms with van der Waals surface area (Å²) in [6.07, 6.45) is 2.71. The van der Waals surface area contributed by atoms with Crippen LogP contribution < -0.4 is 10.1 Å². The summed E-state index contributed by atoms with van der Waals surface area (Å²) in [7, 11) is 3.37. The van der Waals surface area contributed by atoms with Crippen LogP contribution in [0, 0.1) is 0 Å². The number of fused-ring (bicyclic) bond motifs is 1. The summed E-state index contributed by atoms with van der Waals surface area (Å²) in [4.78, 5) is 11.4. The first-order valence-corrected chi connectivity index (χ1v) is 5.62. The number of carbonyl (C=O) groups is 1. The third kappa shape index (κ3) is 2.03. The second kappa shape index (κ2) is 4.56. The van der Waals surface area contributed by atoms with Gasteiger partial charge in [-0.05, 0) is 42.0 Å². The molecular weight excluding hydrogens is 202 g/mol. The number of hydrogen-bond acceptors (Lipinski definition) is 2. The summed E-state index contributed by atoms with van der Waals surface area (Å²) in [5, 5.41) is 2.68. The summed E-state index contributed by atoms with van der Waals surface area (Å²) < 4.78 is 5.20. The van der Waals surface area contributed by atoms with E-state index in [0.717, 1.165) is 18.6 Å². The highest BCUT2D eigenvalue weighted by atomic mass is 16.5. The van der Waals surface area contributed by atoms with E-state index in [0.29, 0.717) is 12.3 Å². The Balaban J connectivity index is 2.17. The van der Waals surface area contributed by atoms with Crippen molar-refractivity contribution in [1.29, 1.82) is 0 Å². The third-order valence-corrected chi connectivity index (χ3v) is 3.26. The minimum Gasteiger partial charge on any atom is -0.497 e. The molecule has 0 saturated carbocycles. The van der Waals surface area contributed by atoms with Crippen molar-refractivity contribution in [3.05, 3.63) is 29.3 Å². The molecule has 1 aromatic rings. The van der Waals surface area contributed by atoms with Gasteiger partial charge in [-0.1, -0.05) is 6.07 Å². The van der Waals surface area contributed by atoms with Gasteiger partial charge in [0.2, 0.25) is 5.91 Å². The van der Waals surface area contributed by atoms with Gasteiger partial charge >= 0.3 is 0 Å². The highest BCUT2D eigenvalue weighted by Crippen LogP contribution is 2.37. The van der Waals surface area contributed by atoms with Crippen LogP contribution in [0.2, 0.25) is 0 Å². The molecule has 0 spiro atoms. The summed E-state index contributed by atoms with van der Waals surface area (Å²) in [5.41, 5.74) is 2.64. The van der Waals surface area contributed by atoms with Crippen LogP contribution in [0.15, 0.2) is 18.2 Å². The molecule has 1 aliphatic rings. The second-order valence-corrected chi connectivity index (χ2v) is 4.18. The van der Waals surface area contributed by atoms with Gasteiger partial charge in [-0.2, -0.15) is 0 Å². The number of nitrogens with one attached hydrogen (secondary N) is 1. The van der Waals surface area contributed by atoms with Crippen molar-refractivity contribution in [2.24, 2.45) is 0 Å². The Morgan fingerprint density at radius 1 is 1.56 bits per heavy atom. The van der Waals surface area contributed by atoms with Crippen molar-refractivity contribution >= 4 is 5.91 Å². The Morgan fingerprint density at radius 2 is 2.38 bits per heavy atom. The lowest BCUT2D eigenvalue weighted by molar-refractivity contribution is -0.120. The van der Waals surface area contributed by atoms with Crippen molar-refractivity contribution in [1.82, 2.24) is 5.32 Å². The fourth-order valence-corrected chi connectivity index (χ4v) is 2.35. The molecule has 0 heterocycles. The highest BCUT2D eigenvalue weighted by Gasteiger charge is 2.24. The largest absolute Gasteiger partial charge is 0.497 e. The molecule has 0 radical (unpaired) electrons. The molecule has 0 aliphatic heterocycles. The van der Waals surface area contributed by atoms with E-state index in [1.54, 1.807) is 14.2 Å². The van der Waals surface area contributed by atoms with Crippen LogP contribution in [-0.2, 0) is 11.2 Å². The minimum absolute atomic E-state index is 0.119. The lowest BCUT2D eigenvalue weighted by Gasteiger charge is -2.10. The smallest absolute Gasteiger partial charge is 0.220 e. The number of rotatable bonds is 3. The van der Waals surface area contributed by atoms with Gasteiger partial charge in [0.15, 0.2) is 0 Å². The van der Waals surface area contributed by atoms with Crippen molar-refractivity contribution in [3.8, 4) is 5.75 Å². The molecule has 1 N–H and O–H groups in total. The maximum atomic E-state index is 11.4. The van der Waals surface area contributed by atoms with Crippen LogP contribution in [0.1, 0.15) is 29.9 Å². The average Bonchev–Trinajstić information content (AvgIpc) is 2.71. The Hall–Kier alpha value is -1.51. The zero-order chi connectivity index (χ0) is 11.5. The molecule has 0 bridgehead atoms. The Kier molecular flexibility index (Phi) is 3.13. The normalized spacial score (nSPS) is 18.0. The maximum Gasteiger partial charge on any atom is 0.220 e. The van der Waals surface area contributed by atoms with E-state index < -0.39 is 0 Å². The standard InChI is InChI=1S/C13H17NO2/c1-14-13(15)8-10-4-3-9-7-11(16-2)5-6-12(9)10/h5-7,10H,3-4,8H2,1-2H3,(H,14,15). The fraction of sp³-hybridized carbons (Fsp3) is 0.462. The molecule has 0 fully saturated rings. The van der Waals surface area contributed by atoms with Gasteiger partial charge in [0.1, 0.15) is 5.75 Å². The number of amides is 1. The lowest BCUT2D eigenvalue weighted by Crippen LogP contribution is -2.19. The highest BCUT2D eigenvalue weighted by molar-refractivity contribution is 5.76. The van der Waals surface area contributed by atoms with Crippen LogP contribution in [0.4, 0.5) is 0 Å². The number of methoxy groups -OCH3 is 1. The first-order chi connectivity index (χ1) is 7.74. The molecule has 1 aromatic carbocycles. The molecule has 1 unspecified atom stereocenters. The van der Waals surface area contributed by atoms with Crippen LogP contribution in [-0.4, -0.2) is 20.1 Å². The Morgan fingerprint density at radius 3 is 3.06 bits per heavy atom. The molecule has 0 aromatic heterocycles. The van der Waals surface area contributed by atoms with Crippen LogP contribution >= 0.6 is 0 Å². The van der Waals surface area contributed by atoms with Gasteiger partial charge < -0.3 is 10.1 Å². The number of ether oxygens (including phenoxy) is 1. The van der Waals surface area contributed by atoms with Crippen molar-refractivity contribution in [2.75, 3.05) is 14.2 Å². The number of hydrogen-bond donors (Lipinski definition) is 1. The van der Waals surface area contributed by atoms with Crippen LogP contribution in [0.3, 0.4) is 0 Å². The molecule has 1 amide bonds. The summed E-state index contributed by atoms with van der Waals surface area (Å²) in [5.74, 6) is 1.40. The number of aryl methyl sites for hydroxylation is 1. The van der Waals surface area contributed by atoms with Gasteiger partial charge in [-0.3, -0.25) is 4.79 Å². The van der Waals surface area contributed by atoms with Gasteiger partial charge in [-0.25, -0.2) is 0 Å². The monoisotopic (exact) mass is 219 g/mol. The van der Waals surface area contributed by atoms with E-state index in [9.17, 15) is 4.79 Å². The van der Waals surface area contributed by atoms with Gasteiger partial charge in [0, 0.05) is 13.5 Å². The molecule has 2 rings (SSSR count). The van der Waals surface area contributed by atoms with E-state index in [2.05, 4.69) is 17.4 Å². The Bertz CT molecular complexity index is 401. The van der Waals surface area contributed by atoms with E-state index in [-0.39, 0.29) is 5.91 Å². The van der Waals surface area contributed by atoms with Crippen LogP contribution in [0.25, 0.3) is 0 Å². The maximum absolute atomic E-state index is 11.4. The predicted molar refractivity (Wildman–Crippen MR) is 62.7 cm³/mol. The van der Waals surface area contributed by atoms with E-state index in [1.807, 2.05) is 6.07 Å². The van der Waals surface area contributed by atoms with E-state index in [1.165, 1.54) is 11.1 Å². The minimum atomic E-state index is 0.119. The zero-order valence-electron chi connectivity index (χ0n) is 9.75. The summed E-state index contributed by atoms with van der Waals surface area (Å²) in [6, 6.07) is 6.15. The first kappa shape index (κ1) is 11.0. The van der Waals surface area contributed by atoms with E-state index in [4.69, 9.17) is 4.74 Å². The second-order valence-electron chi connectivity index (χ2n) is 4.18. The lowest BCUT2D eigenvalue weighted by atomic mass is 9.97. The van der Waals surface area contributed by atoms with Gasteiger partial charge in [-0.15, -0.1) is 0 Å². The Labute approximate surface area is 95.8 Å². The molecule has 1 aliphatic carbocycles. The molecule has 0 saturated heterocycles. The van der Waals surface area contributed by atoms with Gasteiger partial charge in [0.05, 0.1) is 7.11 Å². The topological polar surface area (TPSA) is 38.3 Å². The zero-order valence-corrected chi connectivity index (χ0v) is 9.75. The van der Waals surface area contributed by atoms with Crippen LogP contribution in [0.5, 0.6) is 5.75 Å². The SMILES string of the molecule is CNC(=O)CC1CCc2cc(OC)ccc21. The molecule has 16 heavy (non-hydrogen) atoms. The average molecular weight is 219 g/mol. The van der Waals surface area contributed by atoms with Gasteiger partial charge in [0.25, 0.3) is 0 Å². The molecule has 86 valence electrons. The number of benzene rings is 1. The first-order valence-electron chi connectivity index (χ1n) is 5.62. The summed E-state index contributed by atoms with van der Waals surface area (Å²) in [6.45, 7) is 0. The molecular formula is C13H17NO2. The molecule has 3 heteroatoms. The fourth-order valence-electron chi connectivity index (χ4n) is 2.35.